The first kappa shape index (κ1) is 17.9. The smallest absolute Gasteiger partial charge is 0.230 e. The number of nitrogens with zero attached hydrogens (tertiary/aromatic N) is 1. The molecule has 29 heavy (non-hydrogen) atoms. The Morgan fingerprint density at radius 1 is 1.10 bits per heavy atom. The zero-order valence-corrected chi connectivity index (χ0v) is 16.4. The van der Waals surface area contributed by atoms with E-state index in [4.69, 9.17) is 9.47 Å². The zero-order valence-electron chi connectivity index (χ0n) is 15.6. The molecule has 0 radical (unpaired) electrons. The second-order valence-corrected chi connectivity index (χ2v) is 7.78. The van der Waals surface area contributed by atoms with Crippen molar-refractivity contribution < 1.29 is 14.3 Å². The number of amidine groups is 1. The number of benzene rings is 3. The Labute approximate surface area is 172 Å². The van der Waals surface area contributed by atoms with E-state index >= 15 is 0 Å². The number of thioether (sulfide) groups is 1. The molecular formula is C22H19N3O3S. The van der Waals surface area contributed by atoms with Crippen LogP contribution in [-0.4, -0.2) is 36.1 Å². The topological polar surface area (TPSA) is 72.0 Å². The number of carbonyl (C=O) groups excluding carboxylic acids is 1. The van der Waals surface area contributed by atoms with Crippen molar-refractivity contribution in [3.8, 4) is 11.5 Å². The van der Waals surface area contributed by atoms with Crippen molar-refractivity contribution in [2.75, 3.05) is 24.2 Å². The number of para-hydroxylation sites is 2. The molecule has 2 N–H and O–H groups in total. The quantitative estimate of drug-likeness (QED) is 0.688. The molecule has 0 aromatic heterocycles. The fraction of sp³-hybridized carbons (Fsp3) is 0.182. The Bertz CT molecular complexity index is 1110. The lowest BCUT2D eigenvalue weighted by atomic mass is 10.1. The number of fused-ring (bicyclic) bond motifs is 1. The molecule has 0 bridgehead atoms. The van der Waals surface area contributed by atoms with Crippen LogP contribution in [-0.2, 0) is 4.79 Å². The first-order chi connectivity index (χ1) is 14.3. The Kier molecular flexibility index (Phi) is 4.73. The molecule has 1 amide bonds. The van der Waals surface area contributed by atoms with Gasteiger partial charge in [-0.15, -0.1) is 0 Å². The molecule has 2 aliphatic heterocycles. The first-order valence-corrected chi connectivity index (χ1v) is 10.4. The number of nitrogens with one attached hydrogen (secondary N) is 2. The third kappa shape index (κ3) is 3.73. The van der Waals surface area contributed by atoms with Crippen LogP contribution in [0.25, 0.3) is 10.8 Å². The minimum absolute atomic E-state index is 0.0703. The Morgan fingerprint density at radius 3 is 2.83 bits per heavy atom. The molecule has 2 aliphatic rings. The lowest BCUT2D eigenvalue weighted by Gasteiger charge is -2.26. The number of hydrogen-bond acceptors (Lipinski definition) is 6. The fourth-order valence-corrected chi connectivity index (χ4v) is 4.13. The molecule has 0 saturated heterocycles. The van der Waals surface area contributed by atoms with E-state index in [9.17, 15) is 4.79 Å². The van der Waals surface area contributed by atoms with Crippen LogP contribution < -0.4 is 20.1 Å². The van der Waals surface area contributed by atoms with Crippen LogP contribution in [0, 0.1) is 0 Å². The summed E-state index contributed by atoms with van der Waals surface area (Å²) >= 11 is 1.38. The number of ether oxygens (including phenoxy) is 2. The average Bonchev–Trinajstić information content (AvgIpc) is 2.76. The third-order valence-electron chi connectivity index (χ3n) is 4.78. The molecule has 5 rings (SSSR count). The van der Waals surface area contributed by atoms with Gasteiger partial charge >= 0.3 is 0 Å². The van der Waals surface area contributed by atoms with Gasteiger partial charge in [-0.3, -0.25) is 4.79 Å². The summed E-state index contributed by atoms with van der Waals surface area (Å²) in [5.74, 6) is 1.65. The molecular weight excluding hydrogens is 386 g/mol. The molecule has 7 heteroatoms. The number of amides is 1. The fourth-order valence-electron chi connectivity index (χ4n) is 3.42. The van der Waals surface area contributed by atoms with E-state index in [1.807, 2.05) is 48.5 Å². The molecule has 0 fully saturated rings. The maximum Gasteiger partial charge on any atom is 0.230 e. The van der Waals surface area contributed by atoms with Crippen molar-refractivity contribution in [1.82, 2.24) is 5.32 Å². The summed E-state index contributed by atoms with van der Waals surface area (Å²) < 4.78 is 11.5. The van der Waals surface area contributed by atoms with Crippen molar-refractivity contribution in [2.45, 2.75) is 6.10 Å². The van der Waals surface area contributed by atoms with E-state index in [1.54, 1.807) is 0 Å². The summed E-state index contributed by atoms with van der Waals surface area (Å²) in [4.78, 5) is 17.0. The molecule has 3 aromatic rings. The summed E-state index contributed by atoms with van der Waals surface area (Å²) in [5, 5.41) is 9.21. The van der Waals surface area contributed by atoms with Crippen molar-refractivity contribution in [2.24, 2.45) is 4.99 Å². The Hall–Kier alpha value is -3.19. The van der Waals surface area contributed by atoms with Gasteiger partial charge < -0.3 is 20.1 Å². The van der Waals surface area contributed by atoms with Gasteiger partial charge in [-0.2, -0.15) is 0 Å². The zero-order chi connectivity index (χ0) is 19.6. The second kappa shape index (κ2) is 7.67. The Morgan fingerprint density at radius 2 is 1.93 bits per heavy atom. The largest absolute Gasteiger partial charge is 0.486 e. The standard InChI is InChI=1S/C22H19N3O3S/c26-20(23-11-15-12-27-18-9-1-2-10-19(18)28-15)13-29-22-24-16-7-3-5-14-6-4-8-17(25-22)21(14)16/h1-10,15H,11-13H2,(H,23,26)(H,24,25). The lowest BCUT2D eigenvalue weighted by molar-refractivity contribution is -0.119. The van der Waals surface area contributed by atoms with Crippen LogP contribution in [0.4, 0.5) is 11.4 Å². The summed E-state index contributed by atoms with van der Waals surface area (Å²) in [6.45, 7) is 0.815. The minimum atomic E-state index is -0.200. The summed E-state index contributed by atoms with van der Waals surface area (Å²) in [6, 6.07) is 19.7. The van der Waals surface area contributed by atoms with Crippen LogP contribution in [0.5, 0.6) is 11.5 Å². The molecule has 1 unspecified atom stereocenters. The van der Waals surface area contributed by atoms with Crippen LogP contribution in [0.1, 0.15) is 0 Å². The number of aliphatic imine (C=N–C) groups is 1. The predicted octanol–water partition coefficient (Wildman–Crippen LogP) is 3.94. The summed E-state index contributed by atoms with van der Waals surface area (Å²) in [5.41, 5.74) is 1.94. The monoisotopic (exact) mass is 405 g/mol. The number of hydrogen-bond donors (Lipinski definition) is 2. The molecule has 146 valence electrons. The predicted molar refractivity (Wildman–Crippen MR) is 116 cm³/mol. The van der Waals surface area contributed by atoms with Gasteiger partial charge in [-0.25, -0.2) is 4.99 Å². The van der Waals surface area contributed by atoms with E-state index in [0.717, 1.165) is 33.1 Å². The van der Waals surface area contributed by atoms with Gasteiger partial charge in [0.25, 0.3) is 0 Å². The third-order valence-corrected chi connectivity index (χ3v) is 5.65. The molecule has 1 atom stereocenters. The molecule has 2 heterocycles. The highest BCUT2D eigenvalue weighted by Crippen LogP contribution is 2.36. The van der Waals surface area contributed by atoms with Gasteiger partial charge in [-0.1, -0.05) is 48.2 Å². The van der Waals surface area contributed by atoms with Gasteiger partial charge in [-0.05, 0) is 29.7 Å². The van der Waals surface area contributed by atoms with Crippen LogP contribution >= 0.6 is 11.8 Å². The lowest BCUT2D eigenvalue weighted by Crippen LogP contribution is -2.41. The van der Waals surface area contributed by atoms with Crippen molar-refractivity contribution >= 4 is 45.0 Å². The molecule has 3 aromatic carbocycles. The second-order valence-electron chi connectivity index (χ2n) is 6.81. The normalized spacial score (nSPS) is 16.7. The average molecular weight is 405 g/mol. The molecule has 0 spiro atoms. The number of anilines is 1. The van der Waals surface area contributed by atoms with Crippen molar-refractivity contribution in [1.29, 1.82) is 0 Å². The van der Waals surface area contributed by atoms with E-state index in [2.05, 4.69) is 27.8 Å². The SMILES string of the molecule is O=C(CSC1=Nc2cccc3cccc(c23)N1)NCC1COc2ccccc2O1. The van der Waals surface area contributed by atoms with Gasteiger partial charge in [0.15, 0.2) is 16.7 Å². The highest BCUT2D eigenvalue weighted by Gasteiger charge is 2.21. The highest BCUT2D eigenvalue weighted by atomic mass is 32.2. The number of carbonyl (C=O) groups is 1. The van der Waals surface area contributed by atoms with E-state index < -0.39 is 0 Å². The van der Waals surface area contributed by atoms with Crippen LogP contribution in [0.3, 0.4) is 0 Å². The van der Waals surface area contributed by atoms with E-state index in [1.165, 1.54) is 11.8 Å². The van der Waals surface area contributed by atoms with Crippen molar-refractivity contribution in [3.05, 3.63) is 60.7 Å². The summed E-state index contributed by atoms with van der Waals surface area (Å²) in [6.07, 6.45) is -0.200. The summed E-state index contributed by atoms with van der Waals surface area (Å²) in [7, 11) is 0. The number of rotatable bonds is 4. The van der Waals surface area contributed by atoms with Crippen LogP contribution in [0.15, 0.2) is 65.7 Å². The molecule has 0 saturated carbocycles. The molecule has 6 nitrogen and oxygen atoms in total. The first-order valence-electron chi connectivity index (χ1n) is 9.42. The van der Waals surface area contributed by atoms with E-state index in [-0.39, 0.29) is 17.8 Å². The van der Waals surface area contributed by atoms with E-state index in [0.29, 0.717) is 18.9 Å². The molecule has 0 aliphatic carbocycles. The van der Waals surface area contributed by atoms with Crippen LogP contribution in [0.2, 0.25) is 0 Å². The van der Waals surface area contributed by atoms with Gasteiger partial charge in [0.1, 0.15) is 12.7 Å². The van der Waals surface area contributed by atoms with Crippen molar-refractivity contribution in [3.63, 3.8) is 0 Å². The highest BCUT2D eigenvalue weighted by molar-refractivity contribution is 8.14. The van der Waals surface area contributed by atoms with Gasteiger partial charge in [0.05, 0.1) is 23.7 Å². The minimum Gasteiger partial charge on any atom is -0.486 e. The van der Waals surface area contributed by atoms with Gasteiger partial charge in [0, 0.05) is 5.39 Å². The maximum atomic E-state index is 12.3. The maximum absolute atomic E-state index is 12.3. The van der Waals surface area contributed by atoms with Gasteiger partial charge in [0.2, 0.25) is 5.91 Å². The Balaban J connectivity index is 1.16.